The van der Waals surface area contributed by atoms with Crippen LogP contribution in [0.15, 0.2) is 24.3 Å². The molecule has 2 N–H and O–H groups in total. The molecule has 3 nitrogen and oxygen atoms in total. The molecule has 6 heteroatoms. The smallest absolute Gasteiger partial charge is 0.416 e. The van der Waals surface area contributed by atoms with Crippen LogP contribution in [0.25, 0.3) is 0 Å². The quantitative estimate of drug-likeness (QED) is 0.753. The van der Waals surface area contributed by atoms with Crippen molar-refractivity contribution in [2.24, 2.45) is 5.41 Å². The van der Waals surface area contributed by atoms with Crippen LogP contribution in [0.3, 0.4) is 0 Å². The number of carboxylic acids is 1. The summed E-state index contributed by atoms with van der Waals surface area (Å²) >= 11 is 0. The molecule has 0 amide bonds. The van der Waals surface area contributed by atoms with Gasteiger partial charge in [-0.3, -0.25) is 4.79 Å². The third-order valence-corrected chi connectivity index (χ3v) is 4.42. The Labute approximate surface area is 134 Å². The molecular formula is C17H24F3NO2. The lowest BCUT2D eigenvalue weighted by Crippen LogP contribution is -2.43. The van der Waals surface area contributed by atoms with Crippen LogP contribution in [0, 0.1) is 5.41 Å². The summed E-state index contributed by atoms with van der Waals surface area (Å²) in [5.74, 6) is -0.822. The van der Waals surface area contributed by atoms with Gasteiger partial charge in [0, 0.05) is 12.6 Å². The Morgan fingerprint density at radius 2 is 1.70 bits per heavy atom. The summed E-state index contributed by atoms with van der Waals surface area (Å²) in [6.45, 7) is 5.94. The summed E-state index contributed by atoms with van der Waals surface area (Å²) in [4.78, 5) is 11.4. The Balaban J connectivity index is 2.63. The van der Waals surface area contributed by atoms with Gasteiger partial charge in [0.25, 0.3) is 0 Å². The fourth-order valence-electron chi connectivity index (χ4n) is 2.50. The maximum Gasteiger partial charge on any atom is 0.416 e. The van der Waals surface area contributed by atoms with Crippen LogP contribution >= 0.6 is 0 Å². The number of rotatable bonds is 8. The van der Waals surface area contributed by atoms with Crippen molar-refractivity contribution in [1.29, 1.82) is 0 Å². The van der Waals surface area contributed by atoms with E-state index in [1.165, 1.54) is 12.1 Å². The van der Waals surface area contributed by atoms with Crippen molar-refractivity contribution in [3.63, 3.8) is 0 Å². The Hall–Kier alpha value is -1.56. The number of benzene rings is 1. The predicted molar refractivity (Wildman–Crippen MR) is 83.3 cm³/mol. The number of alkyl halides is 3. The van der Waals surface area contributed by atoms with Crippen molar-refractivity contribution in [2.45, 2.75) is 52.3 Å². The van der Waals surface area contributed by atoms with Crippen LogP contribution in [0.2, 0.25) is 0 Å². The van der Waals surface area contributed by atoms with Gasteiger partial charge >= 0.3 is 12.1 Å². The van der Waals surface area contributed by atoms with Gasteiger partial charge in [-0.05, 0) is 43.9 Å². The normalized spacial score (nSPS) is 13.8. The minimum absolute atomic E-state index is 0.0245. The fourth-order valence-corrected chi connectivity index (χ4v) is 2.50. The van der Waals surface area contributed by atoms with Crippen LogP contribution in [0.1, 0.15) is 44.7 Å². The molecule has 1 atom stereocenters. The Morgan fingerprint density at radius 1 is 1.17 bits per heavy atom. The summed E-state index contributed by atoms with van der Waals surface area (Å²) in [6.07, 6.45) is -2.73. The first-order valence-corrected chi connectivity index (χ1v) is 7.77. The van der Waals surface area contributed by atoms with Gasteiger partial charge in [-0.1, -0.05) is 26.0 Å². The molecule has 0 fully saturated rings. The molecule has 1 aromatic rings. The number of carboxylic acid groups (broad SMARTS) is 1. The monoisotopic (exact) mass is 331 g/mol. The number of aliphatic carboxylic acids is 1. The molecule has 0 saturated carbocycles. The zero-order valence-electron chi connectivity index (χ0n) is 13.7. The van der Waals surface area contributed by atoms with E-state index in [1.54, 1.807) is 0 Å². The molecule has 0 heterocycles. The van der Waals surface area contributed by atoms with Gasteiger partial charge in [-0.25, -0.2) is 0 Å². The predicted octanol–water partition coefficient (Wildman–Crippen LogP) is 4.12. The van der Waals surface area contributed by atoms with E-state index in [0.717, 1.165) is 17.7 Å². The van der Waals surface area contributed by atoms with E-state index in [4.69, 9.17) is 0 Å². The molecule has 0 bridgehead atoms. The largest absolute Gasteiger partial charge is 0.481 e. The minimum Gasteiger partial charge on any atom is -0.481 e. The van der Waals surface area contributed by atoms with Gasteiger partial charge in [0.15, 0.2) is 0 Å². The maximum absolute atomic E-state index is 12.5. The topological polar surface area (TPSA) is 49.3 Å². The van der Waals surface area contributed by atoms with E-state index in [9.17, 15) is 23.1 Å². The lowest BCUT2D eigenvalue weighted by atomic mass is 9.82. The van der Waals surface area contributed by atoms with E-state index in [0.29, 0.717) is 25.8 Å². The standard InChI is InChI=1S/C17H24F3NO2/c1-4-16(5-2,15(22)23)11-21-12(3)10-13-6-8-14(9-7-13)17(18,19)20/h6-9,12,21H,4-5,10-11H2,1-3H3,(H,22,23). The van der Waals surface area contributed by atoms with Crippen molar-refractivity contribution in [1.82, 2.24) is 5.32 Å². The molecule has 0 aliphatic carbocycles. The van der Waals surface area contributed by atoms with Crippen molar-refractivity contribution in [3.05, 3.63) is 35.4 Å². The lowest BCUT2D eigenvalue weighted by molar-refractivity contribution is -0.149. The zero-order chi connectivity index (χ0) is 17.7. The van der Waals surface area contributed by atoms with Crippen molar-refractivity contribution >= 4 is 5.97 Å². The minimum atomic E-state index is -4.33. The van der Waals surface area contributed by atoms with Crippen molar-refractivity contribution in [3.8, 4) is 0 Å². The van der Waals surface area contributed by atoms with E-state index < -0.39 is 23.1 Å². The van der Waals surface area contributed by atoms with E-state index in [1.807, 2.05) is 20.8 Å². The molecule has 0 radical (unpaired) electrons. The molecule has 130 valence electrons. The average Bonchev–Trinajstić information content (AvgIpc) is 2.48. The van der Waals surface area contributed by atoms with Crippen LogP contribution in [-0.2, 0) is 17.4 Å². The molecular weight excluding hydrogens is 307 g/mol. The average molecular weight is 331 g/mol. The first-order valence-electron chi connectivity index (χ1n) is 7.77. The van der Waals surface area contributed by atoms with Crippen molar-refractivity contribution < 1.29 is 23.1 Å². The van der Waals surface area contributed by atoms with E-state index in [2.05, 4.69) is 5.32 Å². The second kappa shape index (κ2) is 7.81. The van der Waals surface area contributed by atoms with Crippen LogP contribution in [-0.4, -0.2) is 23.7 Å². The number of halogens is 3. The summed E-state index contributed by atoms with van der Waals surface area (Å²) in [7, 11) is 0. The molecule has 0 aliphatic heterocycles. The third kappa shape index (κ3) is 5.23. The molecule has 1 aromatic carbocycles. The molecule has 1 rings (SSSR count). The zero-order valence-corrected chi connectivity index (χ0v) is 13.7. The summed E-state index contributed by atoms with van der Waals surface area (Å²) < 4.78 is 37.6. The highest BCUT2D eigenvalue weighted by Gasteiger charge is 2.34. The van der Waals surface area contributed by atoms with E-state index in [-0.39, 0.29) is 6.04 Å². The van der Waals surface area contributed by atoms with Gasteiger partial charge in [-0.2, -0.15) is 13.2 Å². The highest BCUT2D eigenvalue weighted by atomic mass is 19.4. The molecule has 0 saturated heterocycles. The number of hydrogen-bond donors (Lipinski definition) is 2. The molecule has 0 spiro atoms. The Bertz CT molecular complexity index is 508. The summed E-state index contributed by atoms with van der Waals surface area (Å²) in [6, 6.07) is 5.04. The van der Waals surface area contributed by atoms with Gasteiger partial charge in [0.2, 0.25) is 0 Å². The van der Waals surface area contributed by atoms with Crippen LogP contribution in [0.4, 0.5) is 13.2 Å². The molecule has 23 heavy (non-hydrogen) atoms. The second-order valence-electron chi connectivity index (χ2n) is 5.97. The summed E-state index contributed by atoms with van der Waals surface area (Å²) in [5, 5.41) is 12.6. The van der Waals surface area contributed by atoms with Gasteiger partial charge in [0.1, 0.15) is 0 Å². The van der Waals surface area contributed by atoms with Gasteiger partial charge in [-0.15, -0.1) is 0 Å². The second-order valence-corrected chi connectivity index (χ2v) is 5.97. The van der Waals surface area contributed by atoms with Crippen LogP contribution in [0.5, 0.6) is 0 Å². The fraction of sp³-hybridized carbons (Fsp3) is 0.588. The number of carbonyl (C=O) groups is 1. The molecule has 0 aromatic heterocycles. The number of hydrogen-bond acceptors (Lipinski definition) is 2. The highest BCUT2D eigenvalue weighted by molar-refractivity contribution is 5.74. The number of nitrogens with one attached hydrogen (secondary N) is 1. The van der Waals surface area contributed by atoms with Crippen LogP contribution < -0.4 is 5.32 Å². The summed E-state index contributed by atoms with van der Waals surface area (Å²) in [5.41, 5.74) is -0.676. The Morgan fingerprint density at radius 3 is 2.09 bits per heavy atom. The maximum atomic E-state index is 12.5. The lowest BCUT2D eigenvalue weighted by Gasteiger charge is -2.29. The first kappa shape index (κ1) is 19.5. The van der Waals surface area contributed by atoms with Crippen molar-refractivity contribution in [2.75, 3.05) is 6.54 Å². The first-order chi connectivity index (χ1) is 10.6. The molecule has 0 aliphatic rings. The van der Waals surface area contributed by atoms with Gasteiger partial charge < -0.3 is 10.4 Å². The highest BCUT2D eigenvalue weighted by Crippen LogP contribution is 2.29. The SMILES string of the molecule is CCC(CC)(CNC(C)Cc1ccc(C(F)(F)F)cc1)C(=O)O. The Kier molecular flexibility index (Phi) is 6.62. The van der Waals surface area contributed by atoms with Gasteiger partial charge in [0.05, 0.1) is 11.0 Å². The third-order valence-electron chi connectivity index (χ3n) is 4.42. The van der Waals surface area contributed by atoms with E-state index >= 15 is 0 Å². The molecule has 1 unspecified atom stereocenters.